The summed E-state index contributed by atoms with van der Waals surface area (Å²) in [5.74, 6) is -3.29. The zero-order chi connectivity index (χ0) is 17.0. The molecular formula is C16H15F2NO3S. The largest absolute Gasteiger partial charge is 0.451 e. The van der Waals surface area contributed by atoms with Crippen LogP contribution in [0.1, 0.15) is 27.0 Å². The number of hydrogen-bond acceptors (Lipinski definition) is 4. The van der Waals surface area contributed by atoms with E-state index in [0.29, 0.717) is 4.88 Å². The fourth-order valence-corrected chi connectivity index (χ4v) is 2.95. The van der Waals surface area contributed by atoms with Crippen molar-refractivity contribution in [1.82, 2.24) is 0 Å². The molecule has 0 radical (unpaired) electrons. The third-order valence-electron chi connectivity index (χ3n) is 3.14. The van der Waals surface area contributed by atoms with Gasteiger partial charge in [0.1, 0.15) is 4.88 Å². The molecule has 0 saturated carbocycles. The fourth-order valence-electron chi connectivity index (χ4n) is 1.94. The number of carbonyl (C=O) groups excluding carboxylic acids is 2. The van der Waals surface area contributed by atoms with Crippen molar-refractivity contribution < 1.29 is 23.1 Å². The maximum Gasteiger partial charge on any atom is 0.348 e. The Kier molecular flexibility index (Phi) is 5.44. The molecule has 1 N–H and O–H groups in total. The predicted octanol–water partition coefficient (Wildman–Crippen LogP) is 3.69. The molecule has 0 bridgehead atoms. The number of rotatable bonds is 5. The number of halogens is 2. The number of nitrogens with one attached hydrogen (secondary N) is 1. The van der Waals surface area contributed by atoms with E-state index in [4.69, 9.17) is 4.74 Å². The summed E-state index contributed by atoms with van der Waals surface area (Å²) in [5.41, 5.74) is 1.15. The smallest absolute Gasteiger partial charge is 0.348 e. The molecule has 1 aromatic carbocycles. The molecule has 0 aliphatic rings. The SMILES string of the molecule is CCc1cc(C(=O)OCC(=O)Nc2ccc(F)c(F)c2)sc1C. The highest BCUT2D eigenvalue weighted by molar-refractivity contribution is 7.14. The molecule has 23 heavy (non-hydrogen) atoms. The highest BCUT2D eigenvalue weighted by Crippen LogP contribution is 2.22. The van der Waals surface area contributed by atoms with Crippen molar-refractivity contribution >= 4 is 28.9 Å². The quantitative estimate of drug-likeness (QED) is 0.845. The van der Waals surface area contributed by atoms with Gasteiger partial charge in [-0.15, -0.1) is 11.3 Å². The summed E-state index contributed by atoms with van der Waals surface area (Å²) in [6.07, 6.45) is 0.812. The van der Waals surface area contributed by atoms with Crippen LogP contribution in [0.2, 0.25) is 0 Å². The van der Waals surface area contributed by atoms with Crippen LogP contribution in [0.4, 0.5) is 14.5 Å². The van der Waals surface area contributed by atoms with Crippen molar-refractivity contribution in [3.63, 3.8) is 0 Å². The van der Waals surface area contributed by atoms with Gasteiger partial charge in [-0.25, -0.2) is 13.6 Å². The van der Waals surface area contributed by atoms with Crippen LogP contribution in [0.5, 0.6) is 0 Å². The van der Waals surface area contributed by atoms with Crippen LogP contribution < -0.4 is 5.32 Å². The lowest BCUT2D eigenvalue weighted by Crippen LogP contribution is -2.20. The Bertz CT molecular complexity index is 743. The average molecular weight is 339 g/mol. The number of amides is 1. The first-order valence-electron chi connectivity index (χ1n) is 6.92. The van der Waals surface area contributed by atoms with E-state index >= 15 is 0 Å². The van der Waals surface area contributed by atoms with Crippen LogP contribution in [0, 0.1) is 18.6 Å². The highest BCUT2D eigenvalue weighted by Gasteiger charge is 2.15. The number of esters is 1. The Labute approximate surface area is 136 Å². The molecule has 0 atom stereocenters. The van der Waals surface area contributed by atoms with Gasteiger partial charge in [0.2, 0.25) is 0 Å². The number of hydrogen-bond donors (Lipinski definition) is 1. The molecule has 1 aromatic heterocycles. The summed E-state index contributed by atoms with van der Waals surface area (Å²) in [4.78, 5) is 25.0. The number of aryl methyl sites for hydroxylation is 2. The first kappa shape index (κ1) is 17.1. The van der Waals surface area contributed by atoms with Gasteiger partial charge >= 0.3 is 5.97 Å². The van der Waals surface area contributed by atoms with Crippen molar-refractivity contribution in [3.8, 4) is 0 Å². The first-order chi connectivity index (χ1) is 10.9. The summed E-state index contributed by atoms with van der Waals surface area (Å²) in [6.45, 7) is 3.39. The molecule has 4 nitrogen and oxygen atoms in total. The average Bonchev–Trinajstić information content (AvgIpc) is 2.89. The van der Waals surface area contributed by atoms with Crippen LogP contribution in [0.25, 0.3) is 0 Å². The maximum atomic E-state index is 13.0. The monoisotopic (exact) mass is 339 g/mol. The van der Waals surface area contributed by atoms with Gasteiger partial charge in [-0.3, -0.25) is 4.79 Å². The number of benzene rings is 1. The van der Waals surface area contributed by atoms with Gasteiger partial charge in [0.25, 0.3) is 5.91 Å². The van der Waals surface area contributed by atoms with E-state index in [1.807, 2.05) is 13.8 Å². The summed E-state index contributed by atoms with van der Waals surface area (Å²) < 4.78 is 30.7. The minimum atomic E-state index is -1.07. The molecule has 1 heterocycles. The standard InChI is InChI=1S/C16H15F2NO3S/c1-3-10-6-14(23-9(10)2)16(21)22-8-15(20)19-11-4-5-12(17)13(18)7-11/h4-7H,3,8H2,1-2H3,(H,19,20). The Morgan fingerprint density at radius 3 is 2.57 bits per heavy atom. The van der Waals surface area contributed by atoms with Gasteiger partial charge in [-0.1, -0.05) is 6.92 Å². The lowest BCUT2D eigenvalue weighted by atomic mass is 10.2. The second-order valence-electron chi connectivity index (χ2n) is 4.80. The molecule has 0 aliphatic carbocycles. The molecular weight excluding hydrogens is 324 g/mol. The second-order valence-corrected chi connectivity index (χ2v) is 6.06. The number of anilines is 1. The third-order valence-corrected chi connectivity index (χ3v) is 4.21. The first-order valence-corrected chi connectivity index (χ1v) is 7.73. The van der Waals surface area contributed by atoms with E-state index in [1.165, 1.54) is 17.4 Å². The number of ether oxygens (including phenoxy) is 1. The lowest BCUT2D eigenvalue weighted by Gasteiger charge is -2.06. The molecule has 1 amide bonds. The van der Waals surface area contributed by atoms with E-state index < -0.39 is 30.1 Å². The molecule has 7 heteroatoms. The van der Waals surface area contributed by atoms with Gasteiger partial charge in [0, 0.05) is 16.6 Å². The highest BCUT2D eigenvalue weighted by atomic mass is 32.1. The summed E-state index contributed by atoms with van der Waals surface area (Å²) >= 11 is 1.31. The third kappa shape index (κ3) is 4.35. The molecule has 0 fully saturated rings. The van der Waals surface area contributed by atoms with Gasteiger partial charge in [-0.05, 0) is 37.1 Å². The van der Waals surface area contributed by atoms with Crippen molar-refractivity contribution in [1.29, 1.82) is 0 Å². The molecule has 2 rings (SSSR count). The summed E-state index contributed by atoms with van der Waals surface area (Å²) in [6, 6.07) is 4.72. The molecule has 122 valence electrons. The van der Waals surface area contributed by atoms with Gasteiger partial charge in [0.05, 0.1) is 0 Å². The van der Waals surface area contributed by atoms with E-state index in [0.717, 1.165) is 29.0 Å². The van der Waals surface area contributed by atoms with Crippen molar-refractivity contribution in [2.24, 2.45) is 0 Å². The zero-order valence-corrected chi connectivity index (χ0v) is 13.4. The second kappa shape index (κ2) is 7.32. The van der Waals surface area contributed by atoms with Crippen LogP contribution in [-0.4, -0.2) is 18.5 Å². The molecule has 0 aliphatic heterocycles. The molecule has 2 aromatic rings. The van der Waals surface area contributed by atoms with E-state index in [9.17, 15) is 18.4 Å². The minimum Gasteiger partial charge on any atom is -0.451 e. The lowest BCUT2D eigenvalue weighted by molar-refractivity contribution is -0.119. The summed E-state index contributed by atoms with van der Waals surface area (Å²) in [7, 11) is 0. The number of thiophene rings is 1. The van der Waals surface area contributed by atoms with Gasteiger partial charge < -0.3 is 10.1 Å². The van der Waals surface area contributed by atoms with Crippen LogP contribution >= 0.6 is 11.3 Å². The minimum absolute atomic E-state index is 0.0881. The van der Waals surface area contributed by atoms with Crippen molar-refractivity contribution in [2.45, 2.75) is 20.3 Å². The van der Waals surface area contributed by atoms with E-state index in [-0.39, 0.29) is 5.69 Å². The predicted molar refractivity (Wildman–Crippen MR) is 83.7 cm³/mol. The fraction of sp³-hybridized carbons (Fsp3) is 0.250. The van der Waals surface area contributed by atoms with E-state index in [1.54, 1.807) is 6.07 Å². The normalized spacial score (nSPS) is 10.4. The van der Waals surface area contributed by atoms with Crippen LogP contribution in [0.3, 0.4) is 0 Å². The van der Waals surface area contributed by atoms with Gasteiger partial charge in [-0.2, -0.15) is 0 Å². The van der Waals surface area contributed by atoms with Crippen LogP contribution in [0.15, 0.2) is 24.3 Å². The van der Waals surface area contributed by atoms with E-state index in [2.05, 4.69) is 5.32 Å². The number of carbonyl (C=O) groups is 2. The Morgan fingerprint density at radius 1 is 1.22 bits per heavy atom. The maximum absolute atomic E-state index is 13.0. The van der Waals surface area contributed by atoms with Crippen molar-refractivity contribution in [2.75, 3.05) is 11.9 Å². The summed E-state index contributed by atoms with van der Waals surface area (Å²) in [5, 5.41) is 2.33. The van der Waals surface area contributed by atoms with Crippen LogP contribution in [-0.2, 0) is 16.0 Å². The Morgan fingerprint density at radius 2 is 1.96 bits per heavy atom. The van der Waals surface area contributed by atoms with Gasteiger partial charge in [0.15, 0.2) is 18.2 Å². The topological polar surface area (TPSA) is 55.4 Å². The molecule has 0 spiro atoms. The molecule has 0 saturated heterocycles. The molecule has 0 unspecified atom stereocenters. The Balaban J connectivity index is 1.90. The van der Waals surface area contributed by atoms with Crippen molar-refractivity contribution in [3.05, 3.63) is 51.2 Å². The zero-order valence-electron chi connectivity index (χ0n) is 12.6. The Hall–Kier alpha value is -2.28.